The van der Waals surface area contributed by atoms with Crippen LogP contribution < -0.4 is 16.4 Å². The minimum Gasteiger partial charge on any atom is -0.329 e. The SMILES string of the molecule is CCCCCCCCCCNCC(NCCN)C(C)=O. The molecule has 0 aromatic rings. The highest BCUT2D eigenvalue weighted by Gasteiger charge is 2.11. The number of hydrogen-bond acceptors (Lipinski definition) is 4. The quantitative estimate of drug-likeness (QED) is 0.404. The molecule has 0 fully saturated rings. The zero-order chi connectivity index (χ0) is 15.1. The summed E-state index contributed by atoms with van der Waals surface area (Å²) in [5.74, 6) is 0.182. The Morgan fingerprint density at radius 3 is 2.15 bits per heavy atom. The first-order valence-corrected chi connectivity index (χ1v) is 8.37. The standard InChI is InChI=1S/C16H35N3O/c1-3-4-5-6-7-8-9-10-12-18-14-16(15(2)20)19-13-11-17/h16,18-19H,3-14,17H2,1-2H3. The minimum atomic E-state index is -0.0902. The molecular weight excluding hydrogens is 250 g/mol. The number of Topliss-reactive ketones (excluding diaryl/α,β-unsaturated/α-hetero) is 1. The van der Waals surface area contributed by atoms with Crippen molar-refractivity contribution in [2.75, 3.05) is 26.2 Å². The van der Waals surface area contributed by atoms with Crippen molar-refractivity contribution < 1.29 is 4.79 Å². The lowest BCUT2D eigenvalue weighted by Gasteiger charge is -2.16. The maximum Gasteiger partial charge on any atom is 0.147 e. The van der Waals surface area contributed by atoms with Gasteiger partial charge in [-0.1, -0.05) is 51.9 Å². The summed E-state index contributed by atoms with van der Waals surface area (Å²) < 4.78 is 0. The molecule has 0 saturated heterocycles. The summed E-state index contributed by atoms with van der Waals surface area (Å²) in [4.78, 5) is 11.4. The van der Waals surface area contributed by atoms with E-state index in [9.17, 15) is 4.79 Å². The first-order valence-electron chi connectivity index (χ1n) is 8.37. The number of carbonyl (C=O) groups is 1. The predicted octanol–water partition coefficient (Wildman–Crippen LogP) is 2.22. The van der Waals surface area contributed by atoms with Crippen molar-refractivity contribution >= 4 is 5.78 Å². The molecule has 120 valence electrons. The first-order chi connectivity index (χ1) is 9.72. The molecule has 0 aliphatic rings. The number of nitrogens with one attached hydrogen (secondary N) is 2. The van der Waals surface area contributed by atoms with E-state index in [1.165, 1.54) is 51.4 Å². The second-order valence-electron chi connectivity index (χ2n) is 5.59. The molecule has 0 aromatic carbocycles. The maximum absolute atomic E-state index is 11.4. The average Bonchev–Trinajstić information content (AvgIpc) is 2.43. The summed E-state index contributed by atoms with van der Waals surface area (Å²) in [6.45, 7) is 6.87. The smallest absolute Gasteiger partial charge is 0.147 e. The van der Waals surface area contributed by atoms with E-state index in [2.05, 4.69) is 17.6 Å². The summed E-state index contributed by atoms with van der Waals surface area (Å²) in [6, 6.07) is -0.0902. The van der Waals surface area contributed by atoms with E-state index in [-0.39, 0.29) is 11.8 Å². The van der Waals surface area contributed by atoms with Gasteiger partial charge in [0.2, 0.25) is 0 Å². The van der Waals surface area contributed by atoms with Gasteiger partial charge in [-0.05, 0) is 19.9 Å². The van der Waals surface area contributed by atoms with Gasteiger partial charge in [0.15, 0.2) is 0 Å². The van der Waals surface area contributed by atoms with Gasteiger partial charge < -0.3 is 16.4 Å². The topological polar surface area (TPSA) is 67.2 Å². The molecule has 0 rings (SSSR count). The Labute approximate surface area is 125 Å². The molecule has 20 heavy (non-hydrogen) atoms. The molecule has 1 atom stereocenters. The van der Waals surface area contributed by atoms with Gasteiger partial charge in [0.25, 0.3) is 0 Å². The molecule has 1 unspecified atom stereocenters. The van der Waals surface area contributed by atoms with Crippen LogP contribution in [0.25, 0.3) is 0 Å². The molecule has 4 N–H and O–H groups in total. The van der Waals surface area contributed by atoms with Crippen molar-refractivity contribution in [3.8, 4) is 0 Å². The van der Waals surface area contributed by atoms with Gasteiger partial charge in [0, 0.05) is 19.6 Å². The number of hydrogen-bond donors (Lipinski definition) is 3. The molecule has 0 spiro atoms. The van der Waals surface area contributed by atoms with E-state index in [0.29, 0.717) is 19.6 Å². The van der Waals surface area contributed by atoms with Crippen LogP contribution in [-0.4, -0.2) is 38.0 Å². The van der Waals surface area contributed by atoms with Crippen molar-refractivity contribution in [1.29, 1.82) is 0 Å². The van der Waals surface area contributed by atoms with E-state index in [1.54, 1.807) is 6.92 Å². The van der Waals surface area contributed by atoms with Crippen LogP contribution in [0.5, 0.6) is 0 Å². The van der Waals surface area contributed by atoms with E-state index in [1.807, 2.05) is 0 Å². The van der Waals surface area contributed by atoms with Crippen LogP contribution in [0, 0.1) is 0 Å². The van der Waals surface area contributed by atoms with Crippen LogP contribution in [0.1, 0.15) is 65.2 Å². The summed E-state index contributed by atoms with van der Waals surface area (Å²) in [6.07, 6.45) is 10.7. The molecular formula is C16H35N3O. The number of unbranched alkanes of at least 4 members (excludes halogenated alkanes) is 7. The second kappa shape index (κ2) is 14.9. The van der Waals surface area contributed by atoms with Crippen molar-refractivity contribution in [2.45, 2.75) is 71.3 Å². The van der Waals surface area contributed by atoms with Crippen LogP contribution >= 0.6 is 0 Å². The molecule has 4 heteroatoms. The summed E-state index contributed by atoms with van der Waals surface area (Å²) in [5.41, 5.74) is 5.44. The van der Waals surface area contributed by atoms with Gasteiger partial charge >= 0.3 is 0 Å². The third-order valence-corrected chi connectivity index (χ3v) is 3.58. The normalized spacial score (nSPS) is 12.6. The van der Waals surface area contributed by atoms with E-state index < -0.39 is 0 Å². The summed E-state index contributed by atoms with van der Waals surface area (Å²) in [5, 5.41) is 6.53. The van der Waals surface area contributed by atoms with Gasteiger partial charge in [0.1, 0.15) is 5.78 Å². The Hall–Kier alpha value is -0.450. The number of ketones is 1. The van der Waals surface area contributed by atoms with Gasteiger partial charge in [-0.15, -0.1) is 0 Å². The number of nitrogens with two attached hydrogens (primary N) is 1. The molecule has 0 radical (unpaired) electrons. The Morgan fingerprint density at radius 1 is 1.00 bits per heavy atom. The van der Waals surface area contributed by atoms with Crippen LogP contribution in [-0.2, 0) is 4.79 Å². The van der Waals surface area contributed by atoms with Crippen molar-refractivity contribution in [1.82, 2.24) is 10.6 Å². The zero-order valence-corrected chi connectivity index (χ0v) is 13.5. The largest absolute Gasteiger partial charge is 0.329 e. The fraction of sp³-hybridized carbons (Fsp3) is 0.938. The van der Waals surface area contributed by atoms with E-state index in [4.69, 9.17) is 5.73 Å². The molecule has 0 amide bonds. The average molecular weight is 285 g/mol. The molecule has 0 aromatic heterocycles. The number of rotatable bonds is 15. The van der Waals surface area contributed by atoms with Crippen LogP contribution in [0.4, 0.5) is 0 Å². The third-order valence-electron chi connectivity index (χ3n) is 3.58. The molecule has 0 aliphatic carbocycles. The van der Waals surface area contributed by atoms with E-state index >= 15 is 0 Å². The fourth-order valence-electron chi connectivity index (χ4n) is 2.25. The van der Waals surface area contributed by atoms with Gasteiger partial charge in [-0.3, -0.25) is 4.79 Å². The predicted molar refractivity (Wildman–Crippen MR) is 87.0 cm³/mol. The van der Waals surface area contributed by atoms with Crippen molar-refractivity contribution in [3.63, 3.8) is 0 Å². The lowest BCUT2D eigenvalue weighted by molar-refractivity contribution is -0.118. The summed E-state index contributed by atoms with van der Waals surface area (Å²) >= 11 is 0. The fourth-order valence-corrected chi connectivity index (χ4v) is 2.25. The van der Waals surface area contributed by atoms with Crippen molar-refractivity contribution in [2.24, 2.45) is 5.73 Å². The van der Waals surface area contributed by atoms with Crippen LogP contribution in [0.15, 0.2) is 0 Å². The Balaban J connectivity index is 3.34. The Bertz CT molecular complexity index is 222. The second-order valence-corrected chi connectivity index (χ2v) is 5.59. The molecule has 0 saturated carbocycles. The maximum atomic E-state index is 11.4. The van der Waals surface area contributed by atoms with Gasteiger partial charge in [0.05, 0.1) is 6.04 Å². The van der Waals surface area contributed by atoms with Crippen LogP contribution in [0.3, 0.4) is 0 Å². The highest BCUT2D eigenvalue weighted by Crippen LogP contribution is 2.07. The van der Waals surface area contributed by atoms with Crippen LogP contribution in [0.2, 0.25) is 0 Å². The Kier molecular flexibility index (Phi) is 14.6. The zero-order valence-electron chi connectivity index (χ0n) is 13.5. The summed E-state index contributed by atoms with van der Waals surface area (Å²) in [7, 11) is 0. The van der Waals surface area contributed by atoms with Gasteiger partial charge in [-0.25, -0.2) is 0 Å². The molecule has 0 heterocycles. The number of carbonyl (C=O) groups excluding carboxylic acids is 1. The molecule has 0 aliphatic heterocycles. The van der Waals surface area contributed by atoms with Crippen molar-refractivity contribution in [3.05, 3.63) is 0 Å². The minimum absolute atomic E-state index is 0.0902. The third kappa shape index (κ3) is 12.6. The molecule has 0 bridgehead atoms. The highest BCUT2D eigenvalue weighted by molar-refractivity contribution is 5.81. The lowest BCUT2D eigenvalue weighted by Crippen LogP contribution is -2.45. The van der Waals surface area contributed by atoms with E-state index in [0.717, 1.165) is 6.54 Å². The molecule has 4 nitrogen and oxygen atoms in total. The first kappa shape index (κ1) is 19.6. The monoisotopic (exact) mass is 285 g/mol. The highest BCUT2D eigenvalue weighted by atomic mass is 16.1. The lowest BCUT2D eigenvalue weighted by atomic mass is 10.1. The Morgan fingerprint density at radius 2 is 1.60 bits per heavy atom. The van der Waals surface area contributed by atoms with Gasteiger partial charge in [-0.2, -0.15) is 0 Å².